The number of methoxy groups -OCH3 is 1. The van der Waals surface area contributed by atoms with Crippen molar-refractivity contribution in [1.29, 1.82) is 0 Å². The van der Waals surface area contributed by atoms with Crippen LogP contribution in [0.3, 0.4) is 0 Å². The summed E-state index contributed by atoms with van der Waals surface area (Å²) in [4.78, 5) is 41.9. The molecule has 7 atom stereocenters. The summed E-state index contributed by atoms with van der Waals surface area (Å²) < 4.78 is 25.9. The zero-order valence-corrected chi connectivity index (χ0v) is 28.8. The van der Waals surface area contributed by atoms with Crippen LogP contribution < -0.4 is 9.47 Å². The first-order valence-corrected chi connectivity index (χ1v) is 16.9. The molecule has 250 valence electrons. The highest BCUT2D eigenvalue weighted by Crippen LogP contribution is 2.69. The molecular formula is C39H46O8. The van der Waals surface area contributed by atoms with Gasteiger partial charge in [0.25, 0.3) is 0 Å². The Kier molecular flexibility index (Phi) is 6.91. The molecular weight excluding hydrogens is 596 g/mol. The van der Waals surface area contributed by atoms with E-state index in [4.69, 9.17) is 18.9 Å². The van der Waals surface area contributed by atoms with Crippen molar-refractivity contribution in [2.45, 2.75) is 115 Å². The summed E-state index contributed by atoms with van der Waals surface area (Å²) in [5.41, 5.74) is -0.0106. The lowest BCUT2D eigenvalue weighted by molar-refractivity contribution is -0.171. The topological polar surface area (TPSA) is 108 Å². The maximum absolute atomic E-state index is 15.0. The number of phenols is 1. The van der Waals surface area contributed by atoms with Gasteiger partial charge in [-0.2, -0.15) is 0 Å². The number of hydrogen-bond donors (Lipinski definition) is 1. The number of ketones is 2. The summed E-state index contributed by atoms with van der Waals surface area (Å²) in [5, 5.41) is 12.2. The van der Waals surface area contributed by atoms with E-state index in [-0.39, 0.29) is 52.8 Å². The number of esters is 1. The first-order valence-electron chi connectivity index (χ1n) is 16.9. The Balaban J connectivity index is 1.51. The molecule has 8 rings (SSSR count). The molecule has 2 saturated carbocycles. The smallest absolute Gasteiger partial charge is 0.333 e. The van der Waals surface area contributed by atoms with Crippen LogP contribution in [-0.2, 0) is 25.5 Å². The van der Waals surface area contributed by atoms with Crippen LogP contribution in [0.5, 0.6) is 17.2 Å². The number of carbonyl (C=O) groups excluding carboxylic acids is 3. The SMILES string of the molecule is C=C(C)C1CC[C@]2(C)CC1c1c(O)c3c(c(CC=C(C)C)c1O2)O[C@]12C(=C[C@@H]4C[C@@H]1C(C)(C)O[C@@]2(C/C=C(/C)C(=O)OC)C4=O)C3=O. The third kappa shape index (κ3) is 4.12. The molecule has 1 aromatic rings. The van der Waals surface area contributed by atoms with Crippen LogP contribution >= 0.6 is 0 Å². The minimum Gasteiger partial charge on any atom is -0.507 e. The average molecular weight is 643 g/mol. The van der Waals surface area contributed by atoms with Gasteiger partial charge in [-0.05, 0) is 86.5 Å². The van der Waals surface area contributed by atoms with E-state index in [0.717, 1.165) is 24.0 Å². The van der Waals surface area contributed by atoms with Crippen LogP contribution in [-0.4, -0.2) is 52.2 Å². The number of phenolic OH excluding ortho intramolecular Hbond substituents is 1. The van der Waals surface area contributed by atoms with Gasteiger partial charge in [-0.1, -0.05) is 36.0 Å². The number of hydrogen-bond acceptors (Lipinski definition) is 8. The molecule has 1 aromatic carbocycles. The fraction of sp³-hybridized carbons (Fsp3) is 0.564. The van der Waals surface area contributed by atoms with Crippen molar-refractivity contribution in [3.8, 4) is 17.2 Å². The quantitative estimate of drug-likeness (QED) is 0.200. The molecule has 0 amide bonds. The first kappa shape index (κ1) is 31.9. The molecule has 7 aliphatic rings. The average Bonchev–Trinajstić information content (AvgIpc) is 3.15. The van der Waals surface area contributed by atoms with E-state index in [1.165, 1.54) is 7.11 Å². The van der Waals surface area contributed by atoms with Gasteiger partial charge >= 0.3 is 5.97 Å². The molecule has 1 N–H and O–H groups in total. The highest BCUT2D eigenvalue weighted by Gasteiger charge is 2.81. The van der Waals surface area contributed by atoms with Crippen LogP contribution in [0.25, 0.3) is 0 Å². The molecule has 8 nitrogen and oxygen atoms in total. The van der Waals surface area contributed by atoms with Crippen LogP contribution in [0.2, 0.25) is 0 Å². The van der Waals surface area contributed by atoms with Gasteiger partial charge in [0.2, 0.25) is 0 Å². The Morgan fingerprint density at radius 1 is 1.11 bits per heavy atom. The summed E-state index contributed by atoms with van der Waals surface area (Å²) in [5.74, 6) is -1.12. The molecule has 1 saturated heterocycles. The van der Waals surface area contributed by atoms with E-state index in [0.29, 0.717) is 47.3 Å². The standard InChI is InChI=1S/C39H46O8/c1-19(2)10-11-24-32-28(25-18-37(8,45-32)14-13-23(25)20(3)4)31(41)29-30(40)26-16-22-17-27-36(6,7)47-38(34(22)42,39(26,27)46-33(24)29)15-12-21(5)35(43)44-9/h10,12,16,22-23,25,27,41H,3,11,13-15,17-18H2,1-2,4-9H3/b21-12-/t22-,23?,25?,27-,37-,38+,39-/m1/s1. The van der Waals surface area contributed by atoms with Crippen molar-refractivity contribution >= 4 is 17.5 Å². The number of fused-ring (bicyclic) bond motifs is 5. The number of Topliss-reactive ketones (excluding diaryl/α,β-unsaturated/α-hetero) is 2. The first-order chi connectivity index (χ1) is 22.0. The summed E-state index contributed by atoms with van der Waals surface area (Å²) in [6.45, 7) is 18.0. The highest BCUT2D eigenvalue weighted by molar-refractivity contribution is 6.18. The zero-order valence-electron chi connectivity index (χ0n) is 28.8. The van der Waals surface area contributed by atoms with Crippen LogP contribution in [0.15, 0.2) is 47.1 Å². The van der Waals surface area contributed by atoms with Crippen molar-refractivity contribution < 1.29 is 38.4 Å². The fourth-order valence-electron chi connectivity index (χ4n) is 9.81. The van der Waals surface area contributed by atoms with Crippen molar-refractivity contribution in [2.24, 2.45) is 17.8 Å². The molecule has 3 heterocycles. The third-order valence-electron chi connectivity index (χ3n) is 12.0. The van der Waals surface area contributed by atoms with E-state index in [9.17, 15) is 14.7 Å². The summed E-state index contributed by atoms with van der Waals surface area (Å²) in [6.07, 6.45) is 8.83. The monoisotopic (exact) mass is 642 g/mol. The number of carbonyl (C=O) groups is 3. The van der Waals surface area contributed by atoms with Gasteiger partial charge in [0.1, 0.15) is 28.4 Å². The minimum atomic E-state index is -1.56. The van der Waals surface area contributed by atoms with Crippen molar-refractivity contribution in [3.05, 3.63) is 63.8 Å². The number of benzene rings is 1. The predicted octanol–water partition coefficient (Wildman–Crippen LogP) is 7.03. The van der Waals surface area contributed by atoms with Crippen LogP contribution in [0.1, 0.15) is 108 Å². The van der Waals surface area contributed by atoms with Gasteiger partial charge in [-0.25, -0.2) is 4.79 Å². The van der Waals surface area contributed by atoms with Gasteiger partial charge in [-0.15, -0.1) is 0 Å². The molecule has 3 fully saturated rings. The van der Waals surface area contributed by atoms with E-state index in [2.05, 4.69) is 19.6 Å². The van der Waals surface area contributed by atoms with Gasteiger partial charge in [0.15, 0.2) is 22.8 Å². The van der Waals surface area contributed by atoms with Gasteiger partial charge < -0.3 is 24.1 Å². The summed E-state index contributed by atoms with van der Waals surface area (Å²) in [6, 6.07) is 0. The molecule has 1 spiro atoms. The molecule has 6 bridgehead atoms. The molecule has 3 aliphatic heterocycles. The van der Waals surface area contributed by atoms with E-state index < -0.39 is 34.3 Å². The van der Waals surface area contributed by atoms with E-state index >= 15 is 4.79 Å². The Bertz CT molecular complexity index is 1750. The minimum absolute atomic E-state index is 0.0281. The maximum atomic E-state index is 15.0. The Labute approximate surface area is 276 Å². The van der Waals surface area contributed by atoms with Gasteiger partial charge in [0, 0.05) is 46.4 Å². The number of aromatic hydroxyl groups is 1. The largest absolute Gasteiger partial charge is 0.507 e. The van der Waals surface area contributed by atoms with Gasteiger partial charge in [0.05, 0.1) is 12.7 Å². The lowest BCUT2D eigenvalue weighted by Crippen LogP contribution is -2.72. The van der Waals surface area contributed by atoms with Crippen molar-refractivity contribution in [2.75, 3.05) is 7.11 Å². The second-order valence-corrected chi connectivity index (χ2v) is 15.7. The second-order valence-electron chi connectivity index (χ2n) is 15.7. The highest BCUT2D eigenvalue weighted by atomic mass is 16.6. The number of ether oxygens (including phenoxy) is 4. The van der Waals surface area contributed by atoms with E-state index in [1.807, 2.05) is 34.6 Å². The Hall–Kier alpha value is -3.65. The summed E-state index contributed by atoms with van der Waals surface area (Å²) in [7, 11) is 1.31. The molecule has 8 heteroatoms. The van der Waals surface area contributed by atoms with Crippen LogP contribution in [0, 0.1) is 17.8 Å². The molecule has 0 radical (unpaired) electrons. The lowest BCUT2D eigenvalue weighted by atomic mass is 9.51. The summed E-state index contributed by atoms with van der Waals surface area (Å²) >= 11 is 0. The maximum Gasteiger partial charge on any atom is 0.333 e. The third-order valence-corrected chi connectivity index (χ3v) is 12.0. The second kappa shape index (κ2) is 10.2. The van der Waals surface area contributed by atoms with E-state index in [1.54, 1.807) is 19.1 Å². The Morgan fingerprint density at radius 2 is 1.83 bits per heavy atom. The fourth-order valence-corrected chi connectivity index (χ4v) is 9.81. The molecule has 0 aromatic heterocycles. The Morgan fingerprint density at radius 3 is 2.49 bits per heavy atom. The lowest BCUT2D eigenvalue weighted by Gasteiger charge is -2.56. The number of rotatable bonds is 6. The normalized spacial score (nSPS) is 35.5. The van der Waals surface area contributed by atoms with Crippen molar-refractivity contribution in [1.82, 2.24) is 0 Å². The molecule has 47 heavy (non-hydrogen) atoms. The molecule has 2 unspecified atom stereocenters. The van der Waals surface area contributed by atoms with Crippen LogP contribution in [0.4, 0.5) is 0 Å². The molecule has 4 aliphatic carbocycles. The zero-order chi connectivity index (χ0) is 34.0. The number of allylic oxidation sites excluding steroid dienone is 4. The predicted molar refractivity (Wildman–Crippen MR) is 176 cm³/mol. The van der Waals surface area contributed by atoms with Crippen molar-refractivity contribution in [3.63, 3.8) is 0 Å². The van der Waals surface area contributed by atoms with Gasteiger partial charge in [-0.3, -0.25) is 9.59 Å².